The van der Waals surface area contributed by atoms with Crippen molar-refractivity contribution in [3.63, 3.8) is 0 Å². The number of aliphatic hydroxyl groups excluding tert-OH is 1. The van der Waals surface area contributed by atoms with Crippen molar-refractivity contribution in [3.05, 3.63) is 29.3 Å². The van der Waals surface area contributed by atoms with Gasteiger partial charge in [-0.15, -0.1) is 0 Å². The summed E-state index contributed by atoms with van der Waals surface area (Å²) in [4.78, 5) is 0. The highest BCUT2D eigenvalue weighted by Crippen LogP contribution is 2.60. The van der Waals surface area contributed by atoms with E-state index in [-0.39, 0.29) is 11.5 Å². The van der Waals surface area contributed by atoms with Crippen molar-refractivity contribution in [1.29, 1.82) is 0 Å². The number of phenols is 1. The van der Waals surface area contributed by atoms with Gasteiger partial charge in [0.15, 0.2) is 0 Å². The molecular weight excluding hydrogens is 248 g/mol. The Labute approximate surface area is 120 Å². The fraction of sp³-hybridized carbons (Fsp3) is 0.667. The fourth-order valence-corrected chi connectivity index (χ4v) is 5.36. The van der Waals surface area contributed by atoms with Gasteiger partial charge in [-0.05, 0) is 85.0 Å². The Morgan fingerprint density at radius 3 is 2.85 bits per heavy atom. The van der Waals surface area contributed by atoms with E-state index in [4.69, 9.17) is 0 Å². The standard InChI is InChI=1S/C18H24O2/c1-17-8-9-18(11-13(17)2-5-16(17)20)7-6-12-10-14(19)3-4-15(12)18/h3-4,10,13,16,19-20H,2,5-9,11H2,1H3/t13-,16-,17+,18-/m1/s1. The summed E-state index contributed by atoms with van der Waals surface area (Å²) < 4.78 is 0. The molecule has 2 saturated carbocycles. The maximum absolute atomic E-state index is 10.3. The summed E-state index contributed by atoms with van der Waals surface area (Å²) in [5.41, 5.74) is 3.33. The highest BCUT2D eigenvalue weighted by Gasteiger charge is 2.54. The van der Waals surface area contributed by atoms with Crippen molar-refractivity contribution in [2.75, 3.05) is 0 Å². The SMILES string of the molecule is C[C@]12CC[C@]3(CCc4cc(O)ccc43)C[C@H]1CC[C@H]2O. The third kappa shape index (κ3) is 1.54. The minimum absolute atomic E-state index is 0.0921. The zero-order valence-corrected chi connectivity index (χ0v) is 12.2. The van der Waals surface area contributed by atoms with E-state index >= 15 is 0 Å². The molecule has 2 nitrogen and oxygen atoms in total. The lowest BCUT2D eigenvalue weighted by Crippen LogP contribution is -2.43. The van der Waals surface area contributed by atoms with Crippen molar-refractivity contribution in [3.8, 4) is 5.75 Å². The molecule has 1 aromatic rings. The second kappa shape index (κ2) is 4.00. The van der Waals surface area contributed by atoms with E-state index < -0.39 is 0 Å². The molecular formula is C18H24O2. The van der Waals surface area contributed by atoms with Gasteiger partial charge < -0.3 is 10.2 Å². The Morgan fingerprint density at radius 2 is 2.00 bits per heavy atom. The smallest absolute Gasteiger partial charge is 0.115 e. The Kier molecular flexibility index (Phi) is 2.54. The number of aliphatic hydroxyl groups is 1. The van der Waals surface area contributed by atoms with Crippen LogP contribution in [0.4, 0.5) is 0 Å². The molecule has 0 amide bonds. The first-order valence-corrected chi connectivity index (χ1v) is 8.04. The van der Waals surface area contributed by atoms with E-state index in [9.17, 15) is 10.2 Å². The first-order chi connectivity index (χ1) is 9.53. The summed E-state index contributed by atoms with van der Waals surface area (Å²) >= 11 is 0. The van der Waals surface area contributed by atoms with Crippen LogP contribution in [0.25, 0.3) is 0 Å². The van der Waals surface area contributed by atoms with Crippen LogP contribution in [-0.2, 0) is 11.8 Å². The molecule has 2 N–H and O–H groups in total. The van der Waals surface area contributed by atoms with Gasteiger partial charge in [-0.25, -0.2) is 0 Å². The molecule has 0 radical (unpaired) electrons. The molecule has 1 spiro atoms. The predicted molar refractivity (Wildman–Crippen MR) is 78.8 cm³/mol. The Hall–Kier alpha value is -1.02. The molecule has 0 heterocycles. The van der Waals surface area contributed by atoms with Gasteiger partial charge in [0.2, 0.25) is 0 Å². The van der Waals surface area contributed by atoms with Gasteiger partial charge in [0.05, 0.1) is 6.10 Å². The summed E-state index contributed by atoms with van der Waals surface area (Å²) in [6.07, 6.45) is 8.01. The Balaban J connectivity index is 1.69. The molecule has 108 valence electrons. The Bertz CT molecular complexity index is 552. The van der Waals surface area contributed by atoms with Crippen molar-refractivity contribution < 1.29 is 10.2 Å². The number of fused-ring (bicyclic) bond motifs is 3. The van der Waals surface area contributed by atoms with E-state index in [1.54, 1.807) is 0 Å². The highest BCUT2D eigenvalue weighted by atomic mass is 16.3. The van der Waals surface area contributed by atoms with Crippen LogP contribution < -0.4 is 0 Å². The van der Waals surface area contributed by atoms with Crippen molar-refractivity contribution in [2.24, 2.45) is 11.3 Å². The number of hydrogen-bond acceptors (Lipinski definition) is 2. The molecule has 0 bridgehead atoms. The average molecular weight is 272 g/mol. The van der Waals surface area contributed by atoms with Gasteiger partial charge in [0.1, 0.15) is 5.75 Å². The van der Waals surface area contributed by atoms with Crippen LogP contribution in [0, 0.1) is 11.3 Å². The highest BCUT2D eigenvalue weighted by molar-refractivity contribution is 5.44. The van der Waals surface area contributed by atoms with Crippen molar-refractivity contribution in [2.45, 2.75) is 63.4 Å². The lowest BCUT2D eigenvalue weighted by molar-refractivity contribution is -0.00808. The monoisotopic (exact) mass is 272 g/mol. The van der Waals surface area contributed by atoms with Crippen LogP contribution in [0.2, 0.25) is 0 Å². The second-order valence-electron chi connectivity index (χ2n) is 7.62. The van der Waals surface area contributed by atoms with Crippen LogP contribution in [0.5, 0.6) is 5.75 Å². The first-order valence-electron chi connectivity index (χ1n) is 8.04. The van der Waals surface area contributed by atoms with Gasteiger partial charge >= 0.3 is 0 Å². The first kappa shape index (κ1) is 12.7. The number of rotatable bonds is 0. The number of phenolic OH excluding ortho intramolecular Hbond substituents is 1. The number of benzene rings is 1. The molecule has 1 aromatic carbocycles. The maximum Gasteiger partial charge on any atom is 0.115 e. The van der Waals surface area contributed by atoms with Crippen LogP contribution in [0.1, 0.15) is 56.6 Å². The lowest BCUT2D eigenvalue weighted by Gasteiger charge is -2.47. The molecule has 3 aliphatic rings. The number of aromatic hydroxyl groups is 1. The zero-order chi connectivity index (χ0) is 14.0. The zero-order valence-electron chi connectivity index (χ0n) is 12.2. The molecule has 4 rings (SSSR count). The largest absolute Gasteiger partial charge is 0.508 e. The van der Waals surface area contributed by atoms with Gasteiger partial charge in [0, 0.05) is 0 Å². The topological polar surface area (TPSA) is 40.5 Å². The lowest BCUT2D eigenvalue weighted by atomic mass is 9.57. The molecule has 20 heavy (non-hydrogen) atoms. The molecule has 0 unspecified atom stereocenters. The minimum Gasteiger partial charge on any atom is -0.508 e. The van der Waals surface area contributed by atoms with Crippen LogP contribution in [0.15, 0.2) is 18.2 Å². The number of aryl methyl sites for hydroxylation is 1. The van der Waals surface area contributed by atoms with Gasteiger partial charge in [-0.1, -0.05) is 13.0 Å². The van der Waals surface area contributed by atoms with Crippen LogP contribution >= 0.6 is 0 Å². The molecule has 3 aliphatic carbocycles. The predicted octanol–water partition coefficient (Wildman–Crippen LogP) is 3.54. The second-order valence-corrected chi connectivity index (χ2v) is 7.62. The summed E-state index contributed by atoms with van der Waals surface area (Å²) in [7, 11) is 0. The summed E-state index contributed by atoms with van der Waals surface area (Å²) in [6.45, 7) is 2.30. The van der Waals surface area contributed by atoms with Crippen LogP contribution in [0.3, 0.4) is 0 Å². The van der Waals surface area contributed by atoms with Gasteiger partial charge in [0.25, 0.3) is 0 Å². The molecule has 0 saturated heterocycles. The summed E-state index contributed by atoms with van der Waals surface area (Å²) in [6, 6.07) is 5.97. The normalized spacial score (nSPS) is 42.7. The maximum atomic E-state index is 10.3. The third-order valence-electron chi connectivity index (χ3n) is 6.79. The van der Waals surface area contributed by atoms with Gasteiger partial charge in [-0.2, -0.15) is 0 Å². The van der Waals surface area contributed by atoms with E-state index in [2.05, 4.69) is 13.0 Å². The summed E-state index contributed by atoms with van der Waals surface area (Å²) in [5, 5.41) is 20.0. The molecule has 2 heteroatoms. The fourth-order valence-electron chi connectivity index (χ4n) is 5.36. The molecule has 0 aliphatic heterocycles. The van der Waals surface area contributed by atoms with Gasteiger partial charge in [-0.3, -0.25) is 0 Å². The van der Waals surface area contributed by atoms with E-state index in [0.717, 1.165) is 19.3 Å². The van der Waals surface area contributed by atoms with Crippen LogP contribution in [-0.4, -0.2) is 16.3 Å². The third-order valence-corrected chi connectivity index (χ3v) is 6.79. The average Bonchev–Trinajstić information content (AvgIpc) is 2.91. The van der Waals surface area contributed by atoms with Crippen molar-refractivity contribution in [1.82, 2.24) is 0 Å². The Morgan fingerprint density at radius 1 is 1.15 bits per heavy atom. The quantitative estimate of drug-likeness (QED) is 0.758. The minimum atomic E-state index is -0.0921. The van der Waals surface area contributed by atoms with E-state index in [0.29, 0.717) is 17.1 Å². The van der Waals surface area contributed by atoms with E-state index in [1.165, 1.54) is 36.8 Å². The molecule has 4 atom stereocenters. The molecule has 0 aromatic heterocycles. The van der Waals surface area contributed by atoms with Crippen molar-refractivity contribution >= 4 is 0 Å². The van der Waals surface area contributed by atoms with E-state index in [1.807, 2.05) is 12.1 Å². The summed E-state index contributed by atoms with van der Waals surface area (Å²) in [5.74, 6) is 1.07. The number of hydrogen-bond donors (Lipinski definition) is 2. The molecule has 2 fully saturated rings.